The van der Waals surface area contributed by atoms with Crippen LogP contribution in [0.5, 0.6) is 0 Å². The molecule has 0 bridgehead atoms. The first kappa shape index (κ1) is 16.8. The molecule has 2 rings (SSSR count). The zero-order valence-corrected chi connectivity index (χ0v) is 14.3. The number of nitriles is 1. The third kappa shape index (κ3) is 4.47. The molecule has 0 aliphatic heterocycles. The van der Waals surface area contributed by atoms with Gasteiger partial charge in [0, 0.05) is 30.7 Å². The zero-order chi connectivity index (χ0) is 16.8. The molecule has 1 amide bonds. The van der Waals surface area contributed by atoms with Crippen molar-refractivity contribution in [1.29, 1.82) is 5.26 Å². The fraction of sp³-hybridized carbons (Fsp3) is 0.267. The number of halogens is 1. The van der Waals surface area contributed by atoms with E-state index in [9.17, 15) is 4.79 Å². The number of nitrogens with zero attached hydrogens (tertiary/aromatic N) is 5. The Morgan fingerprint density at radius 1 is 1.43 bits per heavy atom. The monoisotopic (exact) mass is 374 g/mol. The highest BCUT2D eigenvalue weighted by Gasteiger charge is 2.18. The van der Waals surface area contributed by atoms with Crippen molar-refractivity contribution in [2.24, 2.45) is 5.92 Å². The largest absolute Gasteiger partial charge is 0.269 e. The van der Waals surface area contributed by atoms with Gasteiger partial charge in [0.15, 0.2) is 5.82 Å². The Balaban J connectivity index is 2.31. The quantitative estimate of drug-likeness (QED) is 0.806. The Kier molecular flexibility index (Phi) is 5.60. The third-order valence-electron chi connectivity index (χ3n) is 2.81. The van der Waals surface area contributed by atoms with Crippen LogP contribution in [-0.4, -0.2) is 27.4 Å². The molecular formula is C15H15BrN6O. The van der Waals surface area contributed by atoms with Gasteiger partial charge in [-0.3, -0.25) is 20.2 Å². The molecule has 2 aromatic rings. The predicted octanol–water partition coefficient (Wildman–Crippen LogP) is 2.31. The van der Waals surface area contributed by atoms with E-state index in [-0.39, 0.29) is 17.6 Å². The number of aromatic nitrogens is 3. The summed E-state index contributed by atoms with van der Waals surface area (Å²) in [6.07, 6.45) is 4.60. The molecule has 0 saturated carbocycles. The van der Waals surface area contributed by atoms with Crippen molar-refractivity contribution in [2.45, 2.75) is 13.8 Å². The molecule has 0 aromatic carbocycles. The smallest absolute Gasteiger partial charge is 0.267 e. The summed E-state index contributed by atoms with van der Waals surface area (Å²) in [4.78, 5) is 24.3. The van der Waals surface area contributed by atoms with Gasteiger partial charge >= 0.3 is 0 Å². The minimum atomic E-state index is -0.280. The number of rotatable bonds is 5. The van der Waals surface area contributed by atoms with Crippen molar-refractivity contribution in [3.05, 3.63) is 46.6 Å². The van der Waals surface area contributed by atoms with E-state index >= 15 is 0 Å². The van der Waals surface area contributed by atoms with Gasteiger partial charge in [-0.15, -0.1) is 0 Å². The summed E-state index contributed by atoms with van der Waals surface area (Å²) in [6.45, 7) is 4.56. The van der Waals surface area contributed by atoms with Gasteiger partial charge in [-0.05, 0) is 34.0 Å². The van der Waals surface area contributed by atoms with Crippen LogP contribution in [0, 0.1) is 17.2 Å². The molecular weight excluding hydrogens is 360 g/mol. The van der Waals surface area contributed by atoms with E-state index in [2.05, 4.69) is 36.3 Å². The molecule has 0 aliphatic carbocycles. The highest BCUT2D eigenvalue weighted by atomic mass is 79.9. The Bertz CT molecular complexity index is 728. The van der Waals surface area contributed by atoms with Crippen LogP contribution < -0.4 is 10.4 Å². The summed E-state index contributed by atoms with van der Waals surface area (Å²) in [5, 5.41) is 10.6. The van der Waals surface area contributed by atoms with Gasteiger partial charge in [-0.25, -0.2) is 4.98 Å². The van der Waals surface area contributed by atoms with E-state index in [1.165, 1.54) is 6.20 Å². The zero-order valence-electron chi connectivity index (χ0n) is 12.7. The van der Waals surface area contributed by atoms with Crippen molar-refractivity contribution in [2.75, 3.05) is 11.6 Å². The van der Waals surface area contributed by atoms with Crippen LogP contribution in [-0.2, 0) is 0 Å². The second-order valence-corrected chi connectivity index (χ2v) is 6.01. The first-order chi connectivity index (χ1) is 11.0. The number of carbonyl (C=O) groups is 1. The van der Waals surface area contributed by atoms with E-state index < -0.39 is 0 Å². The summed E-state index contributed by atoms with van der Waals surface area (Å²) >= 11 is 3.36. The maximum absolute atomic E-state index is 12.4. The van der Waals surface area contributed by atoms with Crippen LogP contribution >= 0.6 is 15.9 Å². The molecule has 0 saturated heterocycles. The van der Waals surface area contributed by atoms with E-state index in [1.54, 1.807) is 29.5 Å². The topological polar surface area (TPSA) is 94.8 Å². The Hall–Kier alpha value is -2.53. The normalized spacial score (nSPS) is 10.2. The summed E-state index contributed by atoms with van der Waals surface area (Å²) in [7, 11) is 0. The molecule has 118 valence electrons. The first-order valence-electron chi connectivity index (χ1n) is 6.92. The van der Waals surface area contributed by atoms with Crippen molar-refractivity contribution in [3.8, 4) is 6.07 Å². The fourth-order valence-electron chi connectivity index (χ4n) is 1.84. The number of amides is 1. The molecule has 0 fully saturated rings. The Labute approximate surface area is 142 Å². The van der Waals surface area contributed by atoms with Crippen LogP contribution in [0.25, 0.3) is 0 Å². The highest BCUT2D eigenvalue weighted by molar-refractivity contribution is 9.10. The molecule has 1 N–H and O–H groups in total. The van der Waals surface area contributed by atoms with Crippen molar-refractivity contribution in [1.82, 2.24) is 20.4 Å². The maximum atomic E-state index is 12.4. The minimum absolute atomic E-state index is 0.0371. The van der Waals surface area contributed by atoms with Gasteiger partial charge in [-0.1, -0.05) is 13.8 Å². The van der Waals surface area contributed by atoms with Crippen molar-refractivity contribution < 1.29 is 4.79 Å². The lowest BCUT2D eigenvalue weighted by atomic mass is 10.2. The lowest BCUT2D eigenvalue weighted by Gasteiger charge is -2.26. The van der Waals surface area contributed by atoms with E-state index in [0.717, 1.165) is 0 Å². The Morgan fingerprint density at radius 3 is 2.74 bits per heavy atom. The number of pyridine rings is 1. The number of carbonyl (C=O) groups excluding carboxylic acids is 1. The summed E-state index contributed by atoms with van der Waals surface area (Å²) in [6, 6.07) is 5.14. The van der Waals surface area contributed by atoms with Gasteiger partial charge in [0.05, 0.1) is 4.47 Å². The van der Waals surface area contributed by atoms with Crippen LogP contribution in [0.1, 0.15) is 30.0 Å². The van der Waals surface area contributed by atoms with Crippen molar-refractivity contribution >= 4 is 27.7 Å². The molecule has 0 unspecified atom stereocenters. The second kappa shape index (κ2) is 7.65. The number of nitrogens with one attached hydrogen (secondary N) is 1. The van der Waals surface area contributed by atoms with Gasteiger partial charge in [0.2, 0.25) is 5.82 Å². The first-order valence-corrected chi connectivity index (χ1v) is 7.71. The molecule has 23 heavy (non-hydrogen) atoms. The number of hydrogen-bond donors (Lipinski definition) is 1. The standard InChI is InChI=1S/C15H15BrN6O/c1-10(2)9-22(14-12(16)8-19-13(7-17)20-14)21-15(23)11-3-5-18-6-4-11/h3-6,8,10H,9H2,1-2H3,(H,21,23). The van der Waals surface area contributed by atoms with Crippen LogP contribution in [0.15, 0.2) is 35.2 Å². The molecule has 0 spiro atoms. The van der Waals surface area contributed by atoms with Crippen LogP contribution in [0.3, 0.4) is 0 Å². The average Bonchev–Trinajstić information content (AvgIpc) is 2.55. The Morgan fingerprint density at radius 2 is 2.13 bits per heavy atom. The van der Waals surface area contributed by atoms with E-state index in [1.807, 2.05) is 19.9 Å². The van der Waals surface area contributed by atoms with Crippen molar-refractivity contribution in [3.63, 3.8) is 0 Å². The predicted molar refractivity (Wildman–Crippen MR) is 88.3 cm³/mol. The minimum Gasteiger partial charge on any atom is -0.267 e. The molecule has 8 heteroatoms. The molecule has 2 aromatic heterocycles. The van der Waals surface area contributed by atoms with Gasteiger partial charge in [0.1, 0.15) is 6.07 Å². The van der Waals surface area contributed by atoms with E-state index in [0.29, 0.717) is 22.4 Å². The summed E-state index contributed by atoms with van der Waals surface area (Å²) < 4.78 is 0.590. The number of anilines is 1. The second-order valence-electron chi connectivity index (χ2n) is 5.16. The van der Waals surface area contributed by atoms with Gasteiger partial charge in [-0.2, -0.15) is 10.2 Å². The maximum Gasteiger partial charge on any atom is 0.269 e. The lowest BCUT2D eigenvalue weighted by molar-refractivity contribution is 0.0947. The average molecular weight is 375 g/mol. The number of hydrogen-bond acceptors (Lipinski definition) is 6. The molecule has 0 aliphatic rings. The molecule has 0 radical (unpaired) electrons. The van der Waals surface area contributed by atoms with Gasteiger partial charge in [0.25, 0.3) is 5.91 Å². The SMILES string of the molecule is CC(C)CN(NC(=O)c1ccncc1)c1nc(C#N)ncc1Br. The van der Waals surface area contributed by atoms with Crippen LogP contribution in [0.2, 0.25) is 0 Å². The number of hydrazine groups is 1. The fourth-order valence-corrected chi connectivity index (χ4v) is 2.25. The molecule has 0 atom stereocenters. The summed E-state index contributed by atoms with van der Waals surface area (Å²) in [5.74, 6) is 0.458. The summed E-state index contributed by atoms with van der Waals surface area (Å²) in [5.41, 5.74) is 3.30. The van der Waals surface area contributed by atoms with Gasteiger partial charge < -0.3 is 0 Å². The third-order valence-corrected chi connectivity index (χ3v) is 3.37. The molecule has 7 nitrogen and oxygen atoms in total. The highest BCUT2D eigenvalue weighted by Crippen LogP contribution is 2.22. The van der Waals surface area contributed by atoms with Crippen LogP contribution in [0.4, 0.5) is 5.82 Å². The van der Waals surface area contributed by atoms with E-state index in [4.69, 9.17) is 5.26 Å². The molecule has 2 heterocycles. The lowest BCUT2D eigenvalue weighted by Crippen LogP contribution is -2.45.